The Hall–Kier alpha value is -4.70. The monoisotopic (exact) mass is 759 g/mol. The fourth-order valence-electron chi connectivity index (χ4n) is 9.51. The molecule has 1 aliphatic heterocycles. The van der Waals surface area contributed by atoms with Gasteiger partial charge < -0.3 is 9.47 Å². The Balaban J connectivity index is 1.50. The first kappa shape index (κ1) is 40.5. The van der Waals surface area contributed by atoms with Crippen molar-refractivity contribution in [2.45, 2.75) is 126 Å². The third kappa shape index (κ3) is 7.69. The predicted octanol–water partition coefficient (Wildman–Crippen LogP) is 14.4. The van der Waals surface area contributed by atoms with E-state index in [2.05, 4.69) is 191 Å². The minimum Gasteiger partial charge on any atom is -0.323 e. The van der Waals surface area contributed by atoms with Crippen LogP contribution >= 0.6 is 0 Å². The molecule has 0 aliphatic carbocycles. The van der Waals surface area contributed by atoms with Crippen molar-refractivity contribution in [2.24, 2.45) is 22.7 Å². The number of benzene rings is 4. The summed E-state index contributed by atoms with van der Waals surface area (Å²) in [6, 6.07) is 32.7. The number of anilines is 1. The lowest BCUT2D eigenvalue weighted by Crippen LogP contribution is -2.36. The number of aromatic nitrogens is 2. The van der Waals surface area contributed by atoms with Crippen LogP contribution in [0.25, 0.3) is 38.8 Å². The van der Waals surface area contributed by atoms with E-state index in [4.69, 9.17) is 9.98 Å². The van der Waals surface area contributed by atoms with Gasteiger partial charge >= 0.3 is 0 Å². The maximum atomic E-state index is 5.83. The van der Waals surface area contributed by atoms with Crippen molar-refractivity contribution in [1.82, 2.24) is 9.55 Å². The summed E-state index contributed by atoms with van der Waals surface area (Å²) in [5.41, 5.74) is 15.0. The number of amidine groups is 1. The third-order valence-corrected chi connectivity index (χ3v) is 12.5. The Morgan fingerprint density at radius 1 is 0.649 bits per heavy atom. The van der Waals surface area contributed by atoms with Crippen LogP contribution in [-0.2, 0) is 5.41 Å². The molecule has 0 spiro atoms. The summed E-state index contributed by atoms with van der Waals surface area (Å²) < 4.78 is 2.50. The van der Waals surface area contributed by atoms with E-state index in [0.29, 0.717) is 35.5 Å². The number of nitrogens with zero attached hydrogens (tertiary/aromatic N) is 4. The van der Waals surface area contributed by atoms with E-state index >= 15 is 0 Å². The van der Waals surface area contributed by atoms with Crippen molar-refractivity contribution in [3.63, 3.8) is 0 Å². The van der Waals surface area contributed by atoms with Gasteiger partial charge in [0.05, 0.1) is 22.8 Å². The van der Waals surface area contributed by atoms with Crippen molar-refractivity contribution in [3.8, 4) is 16.9 Å². The Morgan fingerprint density at radius 2 is 1.33 bits per heavy atom. The maximum absolute atomic E-state index is 5.83. The third-order valence-electron chi connectivity index (χ3n) is 12.5. The van der Waals surface area contributed by atoms with E-state index in [1.165, 1.54) is 66.6 Å². The number of fused-ring (bicyclic) bond motifs is 3. The van der Waals surface area contributed by atoms with Gasteiger partial charge in [-0.3, -0.25) is 9.98 Å². The highest BCUT2D eigenvalue weighted by Gasteiger charge is 2.38. The zero-order valence-corrected chi connectivity index (χ0v) is 37.2. The first-order valence-corrected chi connectivity index (χ1v) is 21.6. The van der Waals surface area contributed by atoms with E-state index in [9.17, 15) is 0 Å². The zero-order valence-electron chi connectivity index (χ0n) is 37.2. The van der Waals surface area contributed by atoms with Crippen molar-refractivity contribution < 1.29 is 0 Å². The lowest BCUT2D eigenvalue weighted by molar-refractivity contribution is 0.247. The van der Waals surface area contributed by atoms with Crippen molar-refractivity contribution in [1.29, 1.82) is 0 Å². The van der Waals surface area contributed by atoms with Gasteiger partial charge in [0.1, 0.15) is 5.84 Å². The minimum absolute atomic E-state index is 0.0354. The van der Waals surface area contributed by atoms with E-state index in [-0.39, 0.29) is 11.5 Å². The summed E-state index contributed by atoms with van der Waals surface area (Å²) in [5, 5.41) is 2.53. The first-order chi connectivity index (χ1) is 26.9. The highest BCUT2D eigenvalue weighted by molar-refractivity contribution is 6.14. The summed E-state index contributed by atoms with van der Waals surface area (Å²) >= 11 is 0. The van der Waals surface area contributed by atoms with Crippen molar-refractivity contribution in [2.75, 3.05) is 11.4 Å². The van der Waals surface area contributed by atoms with Gasteiger partial charge in [-0.2, -0.15) is 0 Å². The van der Waals surface area contributed by atoms with Gasteiger partial charge in [-0.1, -0.05) is 132 Å². The van der Waals surface area contributed by atoms with Crippen LogP contribution in [-0.4, -0.2) is 28.0 Å². The van der Waals surface area contributed by atoms with Crippen LogP contribution in [0.3, 0.4) is 0 Å². The van der Waals surface area contributed by atoms with E-state index in [0.717, 1.165) is 23.6 Å². The number of hydrogen-bond donors (Lipinski definition) is 0. The SMILES string of the molecule is Cc1ccc2c(c1)c1ccc(-c3cc(C(C)(C)C)ccn3)cc1n2-c1cc(C2=N[C@H](C(C(C)C)C(C)C)CN2c2c(C(C)C)cccc2C(C)C)cc(C(C)C)c1. The second-order valence-corrected chi connectivity index (χ2v) is 19.5. The second-order valence-electron chi connectivity index (χ2n) is 19.5. The Labute approximate surface area is 343 Å². The number of hydrogen-bond acceptors (Lipinski definition) is 3. The van der Waals surface area contributed by atoms with Crippen molar-refractivity contribution >= 4 is 33.3 Å². The Morgan fingerprint density at radius 3 is 1.95 bits per heavy atom. The number of aliphatic imine (C=N–C) groups is 1. The minimum atomic E-state index is 0.0354. The molecule has 0 saturated carbocycles. The van der Waals surface area contributed by atoms with E-state index in [1.807, 2.05) is 6.20 Å². The van der Waals surface area contributed by atoms with E-state index in [1.54, 1.807) is 0 Å². The highest BCUT2D eigenvalue weighted by Crippen LogP contribution is 2.42. The molecule has 298 valence electrons. The summed E-state index contributed by atoms with van der Waals surface area (Å²) in [6.07, 6.45) is 1.96. The van der Waals surface area contributed by atoms with Crippen LogP contribution in [0, 0.1) is 24.7 Å². The molecule has 0 amide bonds. The standard InChI is InChI=1S/C53H66N4/c1-31(2)38-25-39(52-55-47(50(34(7)8)35(9)10)30-56(52)51-42(32(3)4)16-15-17-43(51)33(5)6)27-41(26-38)57-48-21-18-36(11)24-45(48)44-20-19-37(28-49(44)57)46-29-40(22-23-54-46)53(12,13)14/h15-29,31-35,47,50H,30H2,1-14H3/t47-/m0/s1. The molecule has 3 heterocycles. The van der Waals surface area contributed by atoms with Gasteiger partial charge in [-0.25, -0.2) is 0 Å². The normalized spacial score (nSPS) is 15.3. The molecule has 1 aliphatic rings. The molecule has 4 heteroatoms. The number of aryl methyl sites for hydroxylation is 1. The maximum Gasteiger partial charge on any atom is 0.135 e. The summed E-state index contributed by atoms with van der Waals surface area (Å²) in [7, 11) is 0. The molecule has 2 aromatic heterocycles. The molecular formula is C53H66N4. The van der Waals surface area contributed by atoms with Crippen LogP contribution in [0.5, 0.6) is 0 Å². The topological polar surface area (TPSA) is 33.4 Å². The lowest BCUT2D eigenvalue weighted by Gasteiger charge is -2.32. The van der Waals surface area contributed by atoms with Crippen LogP contribution in [0.2, 0.25) is 0 Å². The smallest absolute Gasteiger partial charge is 0.135 e. The van der Waals surface area contributed by atoms with Gasteiger partial charge in [-0.05, 0) is 119 Å². The summed E-state index contributed by atoms with van der Waals surface area (Å²) in [5.74, 6) is 3.72. The molecular weight excluding hydrogens is 693 g/mol. The molecule has 0 radical (unpaired) electrons. The first-order valence-electron chi connectivity index (χ1n) is 21.6. The predicted molar refractivity (Wildman–Crippen MR) is 247 cm³/mol. The molecule has 0 fully saturated rings. The molecule has 0 bridgehead atoms. The molecule has 57 heavy (non-hydrogen) atoms. The molecule has 1 atom stereocenters. The summed E-state index contributed by atoms with van der Waals surface area (Å²) in [4.78, 5) is 13.3. The Bertz CT molecular complexity index is 2410. The van der Waals surface area contributed by atoms with Gasteiger partial charge in [0.15, 0.2) is 0 Å². The Kier molecular flexibility index (Phi) is 11.1. The quantitative estimate of drug-likeness (QED) is 0.139. The average molecular weight is 759 g/mol. The molecule has 0 saturated heterocycles. The lowest BCUT2D eigenvalue weighted by atomic mass is 9.80. The van der Waals surface area contributed by atoms with Crippen molar-refractivity contribution in [3.05, 3.63) is 125 Å². The second kappa shape index (κ2) is 15.6. The molecule has 4 aromatic carbocycles. The highest BCUT2D eigenvalue weighted by atomic mass is 15.3. The van der Waals surface area contributed by atoms with Crippen LogP contribution < -0.4 is 4.90 Å². The average Bonchev–Trinajstić information content (AvgIpc) is 3.72. The number of pyridine rings is 1. The van der Waals surface area contributed by atoms with Gasteiger partial charge in [0.2, 0.25) is 0 Å². The van der Waals surface area contributed by atoms with Gasteiger partial charge in [0.25, 0.3) is 0 Å². The summed E-state index contributed by atoms with van der Waals surface area (Å²) in [6.45, 7) is 33.4. The molecule has 4 nitrogen and oxygen atoms in total. The zero-order chi connectivity index (χ0) is 41.1. The molecule has 6 aromatic rings. The van der Waals surface area contributed by atoms with E-state index < -0.39 is 0 Å². The van der Waals surface area contributed by atoms with Gasteiger partial charge in [0, 0.05) is 46.0 Å². The van der Waals surface area contributed by atoms with Gasteiger partial charge in [-0.15, -0.1) is 0 Å². The molecule has 7 rings (SSSR count). The number of para-hydroxylation sites is 1. The van der Waals surface area contributed by atoms with Crippen LogP contribution in [0.15, 0.2) is 96.1 Å². The van der Waals surface area contributed by atoms with Crippen LogP contribution in [0.1, 0.15) is 141 Å². The molecule has 0 unspecified atom stereocenters. The molecule has 0 N–H and O–H groups in total. The van der Waals surface area contributed by atoms with Crippen LogP contribution in [0.4, 0.5) is 5.69 Å². The largest absolute Gasteiger partial charge is 0.323 e. The fraction of sp³-hybridized carbons (Fsp3) is 0.434. The fourth-order valence-corrected chi connectivity index (χ4v) is 9.51. The number of rotatable bonds is 10.